The molecule has 2 aromatic rings. The van der Waals surface area contributed by atoms with Gasteiger partial charge in [-0.1, -0.05) is 26.0 Å². The van der Waals surface area contributed by atoms with Gasteiger partial charge in [0, 0.05) is 45.2 Å². The Labute approximate surface area is 184 Å². The fourth-order valence-electron chi connectivity index (χ4n) is 3.60. The van der Waals surface area contributed by atoms with Gasteiger partial charge in [-0.3, -0.25) is 9.79 Å². The molecule has 1 aliphatic heterocycles. The van der Waals surface area contributed by atoms with E-state index in [9.17, 15) is 4.79 Å². The number of likely N-dealkylation sites (tertiary alicyclic amines) is 1. The van der Waals surface area contributed by atoms with Gasteiger partial charge in [-0.25, -0.2) is 4.98 Å². The van der Waals surface area contributed by atoms with Crippen molar-refractivity contribution in [3.8, 4) is 0 Å². The molecule has 1 atom stereocenters. The summed E-state index contributed by atoms with van der Waals surface area (Å²) in [6.07, 6.45) is 0.949. The quantitative estimate of drug-likeness (QED) is 0.377. The minimum Gasteiger partial charge on any atom is -0.355 e. The van der Waals surface area contributed by atoms with E-state index in [4.69, 9.17) is 0 Å². The molecule has 1 saturated heterocycles. The van der Waals surface area contributed by atoms with Crippen LogP contribution in [0, 0.1) is 12.8 Å². The van der Waals surface area contributed by atoms with Crippen molar-refractivity contribution in [2.45, 2.75) is 39.8 Å². The smallest absolute Gasteiger partial charge is 0.225 e. The zero-order valence-electron chi connectivity index (χ0n) is 17.1. The Morgan fingerprint density at radius 3 is 2.82 bits per heavy atom. The predicted molar refractivity (Wildman–Crippen MR) is 124 cm³/mol. The molecule has 0 bridgehead atoms. The summed E-state index contributed by atoms with van der Waals surface area (Å²) in [5, 5.41) is 6.82. The summed E-state index contributed by atoms with van der Waals surface area (Å²) in [7, 11) is 1.78. The Morgan fingerprint density at radius 2 is 2.11 bits per heavy atom. The van der Waals surface area contributed by atoms with Gasteiger partial charge in [0.05, 0.1) is 11.0 Å². The molecule has 0 spiro atoms. The monoisotopic (exact) mass is 498 g/mol. The summed E-state index contributed by atoms with van der Waals surface area (Å²) < 4.78 is 2.22. The number of aliphatic imine (C=N–C) groups is 1. The number of fused-ring (bicyclic) bond motifs is 1. The average molecular weight is 498 g/mol. The highest BCUT2D eigenvalue weighted by Crippen LogP contribution is 2.15. The molecular formula is C20H31IN6O. The minimum atomic E-state index is 0. The number of nitrogens with one attached hydrogen (secondary N) is 2. The van der Waals surface area contributed by atoms with Crippen molar-refractivity contribution < 1.29 is 4.79 Å². The van der Waals surface area contributed by atoms with Gasteiger partial charge in [-0.2, -0.15) is 0 Å². The number of nitrogens with zero attached hydrogens (tertiary/aromatic N) is 4. The van der Waals surface area contributed by atoms with E-state index in [-0.39, 0.29) is 41.8 Å². The van der Waals surface area contributed by atoms with Gasteiger partial charge >= 0.3 is 0 Å². The number of imidazole rings is 1. The predicted octanol–water partition coefficient (Wildman–Crippen LogP) is 2.38. The summed E-state index contributed by atoms with van der Waals surface area (Å²) >= 11 is 0. The van der Waals surface area contributed by atoms with Crippen molar-refractivity contribution in [3.63, 3.8) is 0 Å². The maximum absolute atomic E-state index is 12.1. The molecule has 1 unspecified atom stereocenters. The molecule has 3 rings (SSSR count). The highest BCUT2D eigenvalue weighted by molar-refractivity contribution is 14.0. The van der Waals surface area contributed by atoms with Crippen molar-refractivity contribution in [1.29, 1.82) is 0 Å². The van der Waals surface area contributed by atoms with E-state index in [1.165, 1.54) is 0 Å². The lowest BCUT2D eigenvalue weighted by Gasteiger charge is -2.20. The van der Waals surface area contributed by atoms with Gasteiger partial charge in [0.25, 0.3) is 0 Å². The number of aromatic nitrogens is 2. The van der Waals surface area contributed by atoms with E-state index in [0.717, 1.165) is 55.4 Å². The topological polar surface area (TPSA) is 74.6 Å². The van der Waals surface area contributed by atoms with Crippen molar-refractivity contribution in [2.75, 3.05) is 26.7 Å². The van der Waals surface area contributed by atoms with Crippen LogP contribution in [0.2, 0.25) is 0 Å². The van der Waals surface area contributed by atoms with Crippen molar-refractivity contribution in [1.82, 2.24) is 25.1 Å². The molecular weight excluding hydrogens is 467 g/mol. The van der Waals surface area contributed by atoms with Gasteiger partial charge in [0.15, 0.2) is 5.96 Å². The van der Waals surface area contributed by atoms with Crippen molar-refractivity contribution in [3.05, 3.63) is 30.1 Å². The van der Waals surface area contributed by atoms with Crippen LogP contribution in [0.3, 0.4) is 0 Å². The molecule has 1 aromatic carbocycles. The zero-order chi connectivity index (χ0) is 19.4. The number of guanidine groups is 1. The molecule has 1 aliphatic rings. The Hall–Kier alpha value is -1.84. The molecule has 2 heterocycles. The van der Waals surface area contributed by atoms with Crippen LogP contribution >= 0.6 is 24.0 Å². The molecule has 28 heavy (non-hydrogen) atoms. The first-order chi connectivity index (χ1) is 13.0. The third-order valence-corrected chi connectivity index (χ3v) is 5.03. The number of halogens is 1. The number of aryl methyl sites for hydroxylation is 1. The SMILES string of the molecule is CN=C(NCCn1c(C)nc2ccccc21)NC1CCN(C(=O)C(C)C)C1.I. The van der Waals surface area contributed by atoms with Crippen molar-refractivity contribution in [2.24, 2.45) is 10.9 Å². The van der Waals surface area contributed by atoms with E-state index in [1.54, 1.807) is 7.05 Å². The second kappa shape index (κ2) is 10.1. The number of carbonyl (C=O) groups is 1. The second-order valence-corrected chi connectivity index (χ2v) is 7.37. The molecule has 1 fully saturated rings. The van der Waals surface area contributed by atoms with Crippen molar-refractivity contribution >= 4 is 46.9 Å². The Bertz CT molecular complexity index is 831. The molecule has 0 aliphatic carbocycles. The highest BCUT2D eigenvalue weighted by Gasteiger charge is 2.27. The lowest BCUT2D eigenvalue weighted by Crippen LogP contribution is -2.46. The minimum absolute atomic E-state index is 0. The van der Waals surface area contributed by atoms with E-state index in [2.05, 4.69) is 31.2 Å². The van der Waals surface area contributed by atoms with Crippen LogP contribution in [0.15, 0.2) is 29.3 Å². The number of rotatable bonds is 5. The molecule has 0 saturated carbocycles. The maximum Gasteiger partial charge on any atom is 0.225 e. The lowest BCUT2D eigenvalue weighted by molar-refractivity contribution is -0.133. The van der Waals surface area contributed by atoms with Crippen LogP contribution in [0.1, 0.15) is 26.1 Å². The van der Waals surface area contributed by atoms with Gasteiger partial charge in [-0.05, 0) is 25.5 Å². The van der Waals surface area contributed by atoms with Gasteiger partial charge in [0.2, 0.25) is 5.91 Å². The first-order valence-electron chi connectivity index (χ1n) is 9.67. The third kappa shape index (κ3) is 5.15. The van der Waals surface area contributed by atoms with Crippen LogP contribution < -0.4 is 10.6 Å². The average Bonchev–Trinajstić information content (AvgIpc) is 3.24. The molecule has 1 amide bonds. The third-order valence-electron chi connectivity index (χ3n) is 5.03. The number of carbonyl (C=O) groups excluding carboxylic acids is 1. The van der Waals surface area contributed by atoms with E-state index >= 15 is 0 Å². The van der Waals surface area contributed by atoms with Crippen LogP contribution in [-0.4, -0.2) is 59.0 Å². The number of benzene rings is 1. The summed E-state index contributed by atoms with van der Waals surface area (Å²) in [5.41, 5.74) is 2.18. The van der Waals surface area contributed by atoms with Gasteiger partial charge in [-0.15, -0.1) is 24.0 Å². The fraction of sp³-hybridized carbons (Fsp3) is 0.550. The lowest BCUT2D eigenvalue weighted by atomic mass is 10.2. The number of hydrogen-bond acceptors (Lipinski definition) is 3. The number of hydrogen-bond donors (Lipinski definition) is 2. The van der Waals surface area contributed by atoms with Crippen LogP contribution in [-0.2, 0) is 11.3 Å². The fourth-order valence-corrected chi connectivity index (χ4v) is 3.60. The summed E-state index contributed by atoms with van der Waals surface area (Å²) in [4.78, 5) is 23.0. The van der Waals surface area contributed by atoms with Gasteiger partial charge in [0.1, 0.15) is 5.82 Å². The highest BCUT2D eigenvalue weighted by atomic mass is 127. The first-order valence-corrected chi connectivity index (χ1v) is 9.67. The largest absolute Gasteiger partial charge is 0.355 e. The van der Waals surface area contributed by atoms with E-state index in [1.807, 2.05) is 43.9 Å². The Balaban J connectivity index is 0.00000280. The summed E-state index contributed by atoms with van der Waals surface area (Å²) in [6, 6.07) is 8.43. The maximum atomic E-state index is 12.1. The zero-order valence-corrected chi connectivity index (χ0v) is 19.4. The normalized spacial score (nSPS) is 17.1. The van der Waals surface area contributed by atoms with E-state index < -0.39 is 0 Å². The van der Waals surface area contributed by atoms with E-state index in [0.29, 0.717) is 0 Å². The number of para-hydroxylation sites is 2. The standard InChI is InChI=1S/C20H30N6O.HI/c1-14(2)19(27)25-11-9-16(13-25)24-20(21-4)22-10-12-26-15(3)23-17-7-5-6-8-18(17)26;/h5-8,14,16H,9-13H2,1-4H3,(H2,21,22,24);1H. The molecule has 7 nitrogen and oxygen atoms in total. The second-order valence-electron chi connectivity index (χ2n) is 7.37. The first kappa shape index (κ1) is 22.4. The van der Waals surface area contributed by atoms with Crippen LogP contribution in [0.4, 0.5) is 0 Å². The molecule has 0 radical (unpaired) electrons. The summed E-state index contributed by atoms with van der Waals surface area (Å²) in [5.74, 6) is 2.07. The Morgan fingerprint density at radius 1 is 1.36 bits per heavy atom. The number of amides is 1. The molecule has 1 aromatic heterocycles. The molecule has 8 heteroatoms. The van der Waals surface area contributed by atoms with Gasteiger partial charge < -0.3 is 20.1 Å². The molecule has 154 valence electrons. The Kier molecular flexibility index (Phi) is 8.09. The van der Waals surface area contributed by atoms with Crippen LogP contribution in [0.25, 0.3) is 11.0 Å². The molecule has 2 N–H and O–H groups in total. The van der Waals surface area contributed by atoms with Crippen LogP contribution in [0.5, 0.6) is 0 Å². The summed E-state index contributed by atoms with van der Waals surface area (Å²) in [6.45, 7) is 9.05.